The van der Waals surface area contributed by atoms with E-state index in [1.165, 1.54) is 49.7 Å². The van der Waals surface area contributed by atoms with Gasteiger partial charge in [-0.25, -0.2) is 4.39 Å². The zero-order chi connectivity index (χ0) is 19.8. The first-order chi connectivity index (χ1) is 13.7. The van der Waals surface area contributed by atoms with Crippen molar-refractivity contribution in [3.05, 3.63) is 70.5 Å². The second kappa shape index (κ2) is 10.8. The van der Waals surface area contributed by atoms with Crippen LogP contribution in [0.15, 0.2) is 42.5 Å². The Bertz CT molecular complexity index is 708. The van der Waals surface area contributed by atoms with Gasteiger partial charge in [0, 0.05) is 0 Å². The number of aryl methyl sites for hydroxylation is 3. The van der Waals surface area contributed by atoms with Crippen LogP contribution in [0.2, 0.25) is 0 Å². The van der Waals surface area contributed by atoms with Crippen molar-refractivity contribution in [3.63, 3.8) is 0 Å². The van der Waals surface area contributed by atoms with E-state index in [-0.39, 0.29) is 5.82 Å². The van der Waals surface area contributed by atoms with E-state index < -0.39 is 0 Å². The Morgan fingerprint density at radius 2 is 1.43 bits per heavy atom. The number of hydrogen-bond acceptors (Lipinski definition) is 0. The van der Waals surface area contributed by atoms with Crippen molar-refractivity contribution in [1.82, 2.24) is 0 Å². The van der Waals surface area contributed by atoms with E-state index in [0.29, 0.717) is 5.92 Å². The van der Waals surface area contributed by atoms with Gasteiger partial charge >= 0.3 is 0 Å². The van der Waals surface area contributed by atoms with Gasteiger partial charge in [0.15, 0.2) is 0 Å². The van der Waals surface area contributed by atoms with Gasteiger partial charge in [-0.05, 0) is 85.1 Å². The van der Waals surface area contributed by atoms with Gasteiger partial charge in [-0.1, -0.05) is 75.9 Å². The molecule has 2 aromatic carbocycles. The molecule has 1 heteroatoms. The lowest BCUT2D eigenvalue weighted by Crippen LogP contribution is -2.14. The summed E-state index contributed by atoms with van der Waals surface area (Å²) in [5.74, 6) is 1.33. The first-order valence-electron chi connectivity index (χ1n) is 11.6. The van der Waals surface area contributed by atoms with Gasteiger partial charge in [-0.3, -0.25) is 0 Å². The van der Waals surface area contributed by atoms with E-state index in [0.717, 1.165) is 49.1 Å². The van der Waals surface area contributed by atoms with Crippen molar-refractivity contribution in [2.24, 2.45) is 5.92 Å². The van der Waals surface area contributed by atoms with Gasteiger partial charge < -0.3 is 0 Å². The second-order valence-electron chi connectivity index (χ2n) is 8.74. The number of unbranched alkanes of at least 4 members (excludes halogenated alkanes) is 2. The van der Waals surface area contributed by atoms with Gasteiger partial charge in [-0.15, -0.1) is 0 Å². The molecule has 1 aliphatic rings. The average Bonchev–Trinajstić information content (AvgIpc) is 2.73. The molecule has 0 aliphatic heterocycles. The normalized spacial score (nSPS) is 19.7. The highest BCUT2D eigenvalue weighted by atomic mass is 19.1. The molecule has 0 radical (unpaired) electrons. The second-order valence-corrected chi connectivity index (χ2v) is 8.74. The maximum atomic E-state index is 14.8. The van der Waals surface area contributed by atoms with Crippen molar-refractivity contribution in [2.75, 3.05) is 0 Å². The minimum absolute atomic E-state index is 0.0215. The molecule has 1 aliphatic carbocycles. The minimum atomic E-state index is 0.0215. The van der Waals surface area contributed by atoms with Crippen molar-refractivity contribution >= 4 is 0 Å². The molecular formula is C27H37F. The summed E-state index contributed by atoms with van der Waals surface area (Å²) in [4.78, 5) is 0. The summed E-state index contributed by atoms with van der Waals surface area (Å²) >= 11 is 0. The Balaban J connectivity index is 1.51. The van der Waals surface area contributed by atoms with Crippen LogP contribution in [0.4, 0.5) is 4.39 Å². The lowest BCUT2D eigenvalue weighted by atomic mass is 9.76. The van der Waals surface area contributed by atoms with Crippen molar-refractivity contribution in [1.29, 1.82) is 0 Å². The first kappa shape index (κ1) is 21.1. The van der Waals surface area contributed by atoms with Crippen LogP contribution in [0, 0.1) is 11.7 Å². The number of benzene rings is 2. The quantitative estimate of drug-likeness (QED) is 0.386. The molecular weight excluding hydrogens is 343 g/mol. The molecule has 0 bridgehead atoms. The molecule has 0 nitrogen and oxygen atoms in total. The van der Waals surface area contributed by atoms with Crippen molar-refractivity contribution < 1.29 is 4.39 Å². The van der Waals surface area contributed by atoms with Gasteiger partial charge in [-0.2, -0.15) is 0 Å². The maximum absolute atomic E-state index is 14.8. The predicted octanol–water partition coefficient (Wildman–Crippen LogP) is 8.03. The van der Waals surface area contributed by atoms with Crippen LogP contribution in [0.3, 0.4) is 0 Å². The van der Waals surface area contributed by atoms with Gasteiger partial charge in [0.2, 0.25) is 0 Å². The largest absolute Gasteiger partial charge is 0.207 e. The van der Waals surface area contributed by atoms with Crippen LogP contribution < -0.4 is 0 Å². The van der Waals surface area contributed by atoms with E-state index in [1.807, 2.05) is 0 Å². The third-order valence-electron chi connectivity index (χ3n) is 6.70. The summed E-state index contributed by atoms with van der Waals surface area (Å²) in [6.45, 7) is 4.45. The van der Waals surface area contributed by atoms with Crippen LogP contribution in [0.25, 0.3) is 0 Å². The van der Waals surface area contributed by atoms with Gasteiger partial charge in [0.05, 0.1) is 0 Å². The van der Waals surface area contributed by atoms with Crippen molar-refractivity contribution in [2.45, 2.75) is 90.4 Å². The molecule has 0 aromatic heterocycles. The predicted molar refractivity (Wildman–Crippen MR) is 118 cm³/mol. The molecule has 0 saturated heterocycles. The monoisotopic (exact) mass is 380 g/mol. The van der Waals surface area contributed by atoms with Crippen molar-refractivity contribution in [3.8, 4) is 0 Å². The summed E-state index contributed by atoms with van der Waals surface area (Å²) in [7, 11) is 0. The fourth-order valence-corrected chi connectivity index (χ4v) is 4.73. The van der Waals surface area contributed by atoms with Crippen LogP contribution in [0.5, 0.6) is 0 Å². The number of halogens is 1. The molecule has 152 valence electrons. The zero-order valence-electron chi connectivity index (χ0n) is 17.9. The molecule has 0 spiro atoms. The molecule has 0 atom stereocenters. The van der Waals surface area contributed by atoms with Crippen LogP contribution in [-0.4, -0.2) is 0 Å². The zero-order valence-corrected chi connectivity index (χ0v) is 17.9. The SMILES string of the molecule is CCCCCC1CCC(c2ccc(CCc3ccc(CC)cc3)cc2F)CC1. The maximum Gasteiger partial charge on any atom is 0.126 e. The average molecular weight is 381 g/mol. The molecule has 0 unspecified atom stereocenters. The Morgan fingerprint density at radius 3 is 2.07 bits per heavy atom. The molecule has 2 aromatic rings. The molecule has 1 fully saturated rings. The van der Waals surface area contributed by atoms with E-state index in [1.54, 1.807) is 6.07 Å². The summed E-state index contributed by atoms with van der Waals surface area (Å²) in [6.07, 6.45) is 13.3. The lowest BCUT2D eigenvalue weighted by Gasteiger charge is -2.29. The third-order valence-corrected chi connectivity index (χ3v) is 6.70. The summed E-state index contributed by atoms with van der Waals surface area (Å²) in [5.41, 5.74) is 4.79. The first-order valence-corrected chi connectivity index (χ1v) is 11.6. The van der Waals surface area contributed by atoms with Gasteiger partial charge in [0.25, 0.3) is 0 Å². The standard InChI is InChI=1S/C27H37F/c1-3-5-6-7-22-14-17-25(18-15-22)26-19-16-24(20-27(26)28)13-12-23-10-8-21(4-2)9-11-23/h8-11,16,19-20,22,25H,3-7,12-15,17-18H2,1-2H3. The minimum Gasteiger partial charge on any atom is -0.207 e. The summed E-state index contributed by atoms with van der Waals surface area (Å²) in [5, 5.41) is 0. The Hall–Kier alpha value is -1.63. The lowest BCUT2D eigenvalue weighted by molar-refractivity contribution is 0.299. The molecule has 3 rings (SSSR count). The summed E-state index contributed by atoms with van der Waals surface area (Å²) < 4.78 is 14.8. The van der Waals surface area contributed by atoms with Crippen LogP contribution >= 0.6 is 0 Å². The molecule has 0 amide bonds. The third kappa shape index (κ3) is 5.93. The van der Waals surface area contributed by atoms with E-state index in [9.17, 15) is 4.39 Å². The summed E-state index contributed by atoms with van der Waals surface area (Å²) in [6, 6.07) is 14.9. The van der Waals surface area contributed by atoms with Crippen LogP contribution in [0.1, 0.15) is 93.4 Å². The number of hydrogen-bond donors (Lipinski definition) is 0. The Kier molecular flexibility index (Phi) is 8.13. The molecule has 0 heterocycles. The Labute approximate surface area is 171 Å². The highest BCUT2D eigenvalue weighted by Crippen LogP contribution is 2.38. The topological polar surface area (TPSA) is 0 Å². The smallest absolute Gasteiger partial charge is 0.126 e. The Morgan fingerprint density at radius 1 is 0.786 bits per heavy atom. The fraction of sp³-hybridized carbons (Fsp3) is 0.556. The molecule has 0 N–H and O–H groups in total. The molecule has 28 heavy (non-hydrogen) atoms. The number of rotatable bonds is 9. The van der Waals surface area contributed by atoms with E-state index >= 15 is 0 Å². The van der Waals surface area contributed by atoms with E-state index in [4.69, 9.17) is 0 Å². The fourth-order valence-electron chi connectivity index (χ4n) is 4.73. The van der Waals surface area contributed by atoms with Gasteiger partial charge in [0.1, 0.15) is 5.82 Å². The highest BCUT2D eigenvalue weighted by Gasteiger charge is 2.24. The van der Waals surface area contributed by atoms with Crippen LogP contribution in [-0.2, 0) is 19.3 Å². The molecule has 1 saturated carbocycles. The highest BCUT2D eigenvalue weighted by molar-refractivity contribution is 5.29. The van der Waals surface area contributed by atoms with E-state index in [2.05, 4.69) is 50.2 Å².